The van der Waals surface area contributed by atoms with Crippen LogP contribution in [0, 0.1) is 0 Å². The molecule has 0 bridgehead atoms. The lowest BCUT2D eigenvalue weighted by Crippen LogP contribution is -1.84. The lowest BCUT2D eigenvalue weighted by molar-refractivity contribution is 0.162. The number of hydrogen-bond donors (Lipinski definition) is 0. The molecular weight excluding hydrogens is 194 g/mol. The van der Waals surface area contributed by atoms with Gasteiger partial charge in [0.2, 0.25) is 0 Å². The molecule has 0 atom stereocenters. The zero-order chi connectivity index (χ0) is 7.70. The van der Waals surface area contributed by atoms with Crippen LogP contribution in [-0.4, -0.2) is 38.1 Å². The standard InChI is InChI=1S/C4H10O.Al.BF3.ClH.3H/c1-3-5-4-2;;2-1(3)4;;;;/h3-4H2,1-2H3;;;1H;;;. The minimum atomic E-state index is -3.67. The third-order valence-corrected chi connectivity index (χ3v) is 0.408. The van der Waals surface area contributed by atoms with E-state index in [0.717, 1.165) is 13.2 Å². The summed E-state index contributed by atoms with van der Waals surface area (Å²) < 4.78 is 33.8. The molecule has 0 N–H and O–H groups in total. The molecule has 0 aliphatic carbocycles. The van der Waals surface area contributed by atoms with Gasteiger partial charge in [0.15, 0.2) is 17.4 Å². The first kappa shape index (κ1) is 22.6. The van der Waals surface area contributed by atoms with Crippen LogP contribution < -0.4 is 0 Å². The van der Waals surface area contributed by atoms with Crippen LogP contribution in [0.25, 0.3) is 0 Å². The van der Waals surface area contributed by atoms with Gasteiger partial charge in [-0.05, 0) is 13.8 Å². The monoisotopic (exact) mass is 208 g/mol. The van der Waals surface area contributed by atoms with Gasteiger partial charge < -0.3 is 4.74 Å². The summed E-state index contributed by atoms with van der Waals surface area (Å²) >= 11 is 0. The Morgan fingerprint density at radius 2 is 1.27 bits per heavy atom. The Morgan fingerprint density at radius 3 is 1.27 bits per heavy atom. The molecule has 0 aliphatic rings. The van der Waals surface area contributed by atoms with Crippen molar-refractivity contribution in [3.8, 4) is 0 Å². The van der Waals surface area contributed by atoms with Crippen LogP contribution in [0.15, 0.2) is 0 Å². The predicted molar refractivity (Wildman–Crippen MR) is 48.4 cm³/mol. The predicted octanol–water partition coefficient (Wildman–Crippen LogP) is 1.16. The van der Waals surface area contributed by atoms with Gasteiger partial charge in [-0.3, -0.25) is 12.9 Å². The van der Waals surface area contributed by atoms with E-state index in [9.17, 15) is 12.9 Å². The smallest absolute Gasteiger partial charge is 0.382 e. The Labute approximate surface area is 82.4 Å². The maximum absolute atomic E-state index is 9.67. The van der Waals surface area contributed by atoms with Crippen molar-refractivity contribution in [2.75, 3.05) is 13.2 Å². The van der Waals surface area contributed by atoms with Crippen LogP contribution >= 0.6 is 12.4 Å². The minimum absolute atomic E-state index is 0. The van der Waals surface area contributed by atoms with Crippen molar-refractivity contribution in [3.63, 3.8) is 0 Å². The normalized spacial score (nSPS) is 6.27. The lowest BCUT2D eigenvalue weighted by atomic mass is 10.5. The van der Waals surface area contributed by atoms with Crippen LogP contribution in [0.4, 0.5) is 12.9 Å². The van der Waals surface area contributed by atoms with Crippen LogP contribution in [-0.2, 0) is 4.74 Å². The Balaban J connectivity index is -0.0000000383. The first-order valence-electron chi connectivity index (χ1n) is 2.65. The molecule has 0 fully saturated rings. The molecule has 0 amide bonds. The number of ether oxygens (including phenoxy) is 1. The fourth-order valence-corrected chi connectivity index (χ4v) is 0.204. The van der Waals surface area contributed by atoms with Crippen LogP contribution in [0.5, 0.6) is 0 Å². The molecule has 1 nitrogen and oxygen atoms in total. The van der Waals surface area contributed by atoms with Gasteiger partial charge in [-0.1, -0.05) is 0 Å². The highest BCUT2D eigenvalue weighted by atomic mass is 35.5. The molecule has 7 heteroatoms. The van der Waals surface area contributed by atoms with Crippen molar-refractivity contribution in [2.45, 2.75) is 13.8 Å². The van der Waals surface area contributed by atoms with E-state index >= 15 is 0 Å². The highest BCUT2D eigenvalue weighted by Gasteiger charge is 2.06. The largest absolute Gasteiger partial charge is 0.762 e. The molecule has 0 aromatic rings. The van der Waals surface area contributed by atoms with E-state index in [1.165, 1.54) is 0 Å². The Morgan fingerprint density at radius 1 is 1.09 bits per heavy atom. The van der Waals surface area contributed by atoms with Gasteiger partial charge in [-0.2, -0.15) is 0 Å². The van der Waals surface area contributed by atoms with Gasteiger partial charge in [0.05, 0.1) is 0 Å². The molecule has 0 unspecified atom stereocenters. The second kappa shape index (κ2) is 22.4. The summed E-state index contributed by atoms with van der Waals surface area (Å²) in [5, 5.41) is 0. The third-order valence-electron chi connectivity index (χ3n) is 0.408. The van der Waals surface area contributed by atoms with Gasteiger partial charge in [-0.15, -0.1) is 12.4 Å². The highest BCUT2D eigenvalue weighted by Crippen LogP contribution is 1.80. The second-order valence-electron chi connectivity index (χ2n) is 1.03. The Hall–Kier alpha value is 0.637. The molecule has 70 valence electrons. The van der Waals surface area contributed by atoms with Crippen molar-refractivity contribution in [1.29, 1.82) is 0 Å². The summed E-state index contributed by atoms with van der Waals surface area (Å²) in [5.41, 5.74) is 0. The van der Waals surface area contributed by atoms with Crippen molar-refractivity contribution in [3.05, 3.63) is 0 Å². The summed E-state index contributed by atoms with van der Waals surface area (Å²) in [5.74, 6) is 0. The van der Waals surface area contributed by atoms with Crippen molar-refractivity contribution >= 4 is 37.3 Å². The van der Waals surface area contributed by atoms with E-state index < -0.39 is 7.54 Å². The van der Waals surface area contributed by atoms with Gasteiger partial charge in [0.25, 0.3) is 0 Å². The van der Waals surface area contributed by atoms with Crippen molar-refractivity contribution < 1.29 is 17.7 Å². The molecule has 0 aliphatic heterocycles. The van der Waals surface area contributed by atoms with E-state index in [1.54, 1.807) is 0 Å². The van der Waals surface area contributed by atoms with Crippen LogP contribution in [0.3, 0.4) is 0 Å². The number of halogens is 4. The quantitative estimate of drug-likeness (QED) is 0.619. The number of rotatable bonds is 2. The molecule has 0 heterocycles. The first-order valence-corrected chi connectivity index (χ1v) is 2.65. The summed E-state index contributed by atoms with van der Waals surface area (Å²) in [4.78, 5) is 0. The molecule has 0 aromatic carbocycles. The fraction of sp³-hybridized carbons (Fsp3) is 1.00. The van der Waals surface area contributed by atoms with Gasteiger partial charge >= 0.3 is 7.54 Å². The molecule has 0 spiro atoms. The van der Waals surface area contributed by atoms with Crippen molar-refractivity contribution in [2.24, 2.45) is 0 Å². The first-order chi connectivity index (χ1) is 4.15. The van der Waals surface area contributed by atoms with Crippen molar-refractivity contribution in [1.82, 2.24) is 0 Å². The van der Waals surface area contributed by atoms with Crippen LogP contribution in [0.1, 0.15) is 13.8 Å². The SMILES string of the molecule is CCOCC.Cl.FB(F)F.[AlH3]. The van der Waals surface area contributed by atoms with Crippen LogP contribution in [0.2, 0.25) is 0 Å². The summed E-state index contributed by atoms with van der Waals surface area (Å²) in [6.45, 7) is 5.67. The highest BCUT2D eigenvalue weighted by molar-refractivity contribution is 6.33. The molecule has 0 radical (unpaired) electrons. The van der Waals surface area contributed by atoms with E-state index in [-0.39, 0.29) is 29.8 Å². The number of hydrogen-bond acceptors (Lipinski definition) is 1. The third kappa shape index (κ3) is 114. The minimum Gasteiger partial charge on any atom is -0.382 e. The van der Waals surface area contributed by atoms with E-state index in [2.05, 4.69) is 0 Å². The molecule has 0 saturated heterocycles. The zero-order valence-corrected chi connectivity index (χ0v) is 6.76. The maximum atomic E-state index is 9.67. The summed E-state index contributed by atoms with van der Waals surface area (Å²) in [6, 6.07) is 0. The summed E-state index contributed by atoms with van der Waals surface area (Å²) in [6.07, 6.45) is 0. The molecule has 11 heavy (non-hydrogen) atoms. The average molecular weight is 208 g/mol. The van der Waals surface area contributed by atoms with E-state index in [4.69, 9.17) is 4.74 Å². The van der Waals surface area contributed by atoms with Gasteiger partial charge in [-0.25, -0.2) is 0 Å². The van der Waals surface area contributed by atoms with E-state index in [1.807, 2.05) is 13.8 Å². The van der Waals surface area contributed by atoms with E-state index in [0.29, 0.717) is 0 Å². The molecule has 0 saturated carbocycles. The Bertz CT molecular complexity index is 49.6. The van der Waals surface area contributed by atoms with Gasteiger partial charge in [0.1, 0.15) is 0 Å². The summed E-state index contributed by atoms with van der Waals surface area (Å²) in [7, 11) is -3.67. The second-order valence-corrected chi connectivity index (χ2v) is 1.03. The lowest BCUT2D eigenvalue weighted by Gasteiger charge is -1.86. The topological polar surface area (TPSA) is 9.23 Å². The Kier molecular flexibility index (Phi) is 46.0. The maximum Gasteiger partial charge on any atom is 0.762 e. The molecule has 0 aromatic heterocycles. The average Bonchev–Trinajstić information content (AvgIpc) is 1.66. The molecular formula is C4H14AlBClF3O. The van der Waals surface area contributed by atoms with Gasteiger partial charge in [0, 0.05) is 13.2 Å². The molecule has 0 rings (SSSR count). The fourth-order valence-electron chi connectivity index (χ4n) is 0.204. The zero-order valence-electron chi connectivity index (χ0n) is 5.94.